The van der Waals surface area contributed by atoms with Gasteiger partial charge in [0.1, 0.15) is 6.10 Å². The molecule has 92 valence electrons. The summed E-state index contributed by atoms with van der Waals surface area (Å²) in [6.07, 6.45) is 5.10. The molecule has 17 heavy (non-hydrogen) atoms. The van der Waals surface area contributed by atoms with Gasteiger partial charge in [0.2, 0.25) is 0 Å². The van der Waals surface area contributed by atoms with Gasteiger partial charge >= 0.3 is 0 Å². The lowest BCUT2D eigenvalue weighted by Gasteiger charge is -2.25. The maximum atomic E-state index is 5.73. The van der Waals surface area contributed by atoms with Crippen molar-refractivity contribution in [3.05, 3.63) is 11.6 Å². The van der Waals surface area contributed by atoms with E-state index in [1.807, 2.05) is 0 Å². The first-order valence-electron chi connectivity index (χ1n) is 6.71. The number of hydrogen-bond donors (Lipinski definition) is 1. The third-order valence-corrected chi connectivity index (χ3v) is 4.10. The van der Waals surface area contributed by atoms with E-state index in [-0.39, 0.29) is 6.10 Å². The molecule has 0 aromatic carbocycles. The lowest BCUT2D eigenvalue weighted by molar-refractivity contribution is 0.101. The van der Waals surface area contributed by atoms with Crippen LogP contribution in [-0.2, 0) is 11.3 Å². The Balaban J connectivity index is 1.68. The predicted molar refractivity (Wildman–Crippen MR) is 61.4 cm³/mol. The SMILES string of the molecule is C1COC(c2nnc3n2CCNC3C2CC2)C1. The number of rotatable bonds is 2. The van der Waals surface area contributed by atoms with E-state index in [4.69, 9.17) is 4.74 Å². The largest absolute Gasteiger partial charge is 0.370 e. The number of nitrogens with zero attached hydrogens (tertiary/aromatic N) is 3. The topological polar surface area (TPSA) is 52.0 Å². The Morgan fingerprint density at radius 3 is 2.82 bits per heavy atom. The second-order valence-electron chi connectivity index (χ2n) is 5.34. The second kappa shape index (κ2) is 3.78. The molecule has 1 aromatic rings. The highest BCUT2D eigenvalue weighted by Crippen LogP contribution is 2.42. The van der Waals surface area contributed by atoms with E-state index < -0.39 is 0 Å². The highest BCUT2D eigenvalue weighted by molar-refractivity contribution is 5.10. The third-order valence-electron chi connectivity index (χ3n) is 4.10. The van der Waals surface area contributed by atoms with Crippen LogP contribution in [0.25, 0.3) is 0 Å². The van der Waals surface area contributed by atoms with Crippen molar-refractivity contribution in [1.82, 2.24) is 20.1 Å². The molecule has 1 aliphatic carbocycles. The van der Waals surface area contributed by atoms with Gasteiger partial charge in [-0.1, -0.05) is 0 Å². The Kier molecular flexibility index (Phi) is 2.23. The molecule has 0 bridgehead atoms. The number of hydrogen-bond acceptors (Lipinski definition) is 4. The molecule has 1 aromatic heterocycles. The summed E-state index contributed by atoms with van der Waals surface area (Å²) < 4.78 is 8.03. The summed E-state index contributed by atoms with van der Waals surface area (Å²) in [4.78, 5) is 0. The van der Waals surface area contributed by atoms with Crippen LogP contribution in [0, 0.1) is 5.92 Å². The molecule has 3 aliphatic rings. The lowest BCUT2D eigenvalue weighted by Crippen LogP contribution is -2.35. The van der Waals surface area contributed by atoms with Crippen molar-refractivity contribution in [2.45, 2.75) is 44.4 Å². The summed E-state index contributed by atoms with van der Waals surface area (Å²) in [5.41, 5.74) is 0. The molecule has 0 spiro atoms. The molecule has 1 saturated heterocycles. The normalized spacial score (nSPS) is 32.7. The summed E-state index contributed by atoms with van der Waals surface area (Å²) in [6.45, 7) is 2.89. The fourth-order valence-corrected chi connectivity index (χ4v) is 3.04. The number of nitrogens with one attached hydrogen (secondary N) is 1. The van der Waals surface area contributed by atoms with E-state index in [2.05, 4.69) is 20.1 Å². The van der Waals surface area contributed by atoms with Crippen molar-refractivity contribution in [2.24, 2.45) is 5.92 Å². The molecular formula is C12H18N4O. The van der Waals surface area contributed by atoms with E-state index in [1.165, 1.54) is 12.8 Å². The van der Waals surface area contributed by atoms with Crippen LogP contribution in [0.15, 0.2) is 0 Å². The van der Waals surface area contributed by atoms with Gasteiger partial charge in [-0.15, -0.1) is 10.2 Å². The average molecular weight is 234 g/mol. The van der Waals surface area contributed by atoms with Gasteiger partial charge in [-0.05, 0) is 31.6 Å². The van der Waals surface area contributed by atoms with Gasteiger partial charge in [0.15, 0.2) is 11.6 Å². The van der Waals surface area contributed by atoms with Crippen molar-refractivity contribution in [2.75, 3.05) is 13.2 Å². The van der Waals surface area contributed by atoms with Gasteiger partial charge in [0.05, 0.1) is 6.04 Å². The second-order valence-corrected chi connectivity index (χ2v) is 5.34. The van der Waals surface area contributed by atoms with Crippen molar-refractivity contribution in [3.63, 3.8) is 0 Å². The van der Waals surface area contributed by atoms with E-state index in [0.29, 0.717) is 6.04 Å². The first-order chi connectivity index (χ1) is 8.43. The monoisotopic (exact) mass is 234 g/mol. The third kappa shape index (κ3) is 1.60. The maximum absolute atomic E-state index is 5.73. The Labute approximate surface area is 101 Å². The van der Waals surface area contributed by atoms with Crippen LogP contribution in [-0.4, -0.2) is 27.9 Å². The zero-order valence-corrected chi connectivity index (χ0v) is 9.93. The van der Waals surface area contributed by atoms with E-state index in [9.17, 15) is 0 Å². The minimum Gasteiger partial charge on any atom is -0.370 e. The fraction of sp³-hybridized carbons (Fsp3) is 0.833. The first kappa shape index (κ1) is 10.0. The molecule has 4 rings (SSSR count). The maximum Gasteiger partial charge on any atom is 0.162 e. The van der Waals surface area contributed by atoms with Crippen molar-refractivity contribution >= 4 is 0 Å². The lowest BCUT2D eigenvalue weighted by atomic mass is 10.1. The molecule has 1 N–H and O–H groups in total. The quantitative estimate of drug-likeness (QED) is 0.835. The minimum absolute atomic E-state index is 0.189. The molecule has 1 saturated carbocycles. The highest BCUT2D eigenvalue weighted by Gasteiger charge is 2.38. The molecule has 0 amide bonds. The molecule has 5 nitrogen and oxygen atoms in total. The Morgan fingerprint density at radius 1 is 1.18 bits per heavy atom. The molecule has 5 heteroatoms. The van der Waals surface area contributed by atoms with Crippen molar-refractivity contribution in [1.29, 1.82) is 0 Å². The van der Waals surface area contributed by atoms with Crippen LogP contribution in [0.2, 0.25) is 0 Å². The average Bonchev–Trinajstić information content (AvgIpc) is 2.90. The van der Waals surface area contributed by atoms with Gasteiger partial charge < -0.3 is 14.6 Å². The fourth-order valence-electron chi connectivity index (χ4n) is 3.04. The van der Waals surface area contributed by atoms with Gasteiger partial charge in [-0.3, -0.25) is 0 Å². The van der Waals surface area contributed by atoms with E-state index >= 15 is 0 Å². The predicted octanol–water partition coefficient (Wildman–Crippen LogP) is 1.18. The number of ether oxygens (including phenoxy) is 1. The number of aromatic nitrogens is 3. The van der Waals surface area contributed by atoms with Crippen LogP contribution in [0.4, 0.5) is 0 Å². The van der Waals surface area contributed by atoms with Gasteiger partial charge in [-0.25, -0.2) is 0 Å². The summed E-state index contributed by atoms with van der Waals surface area (Å²) in [6, 6.07) is 0.436. The molecule has 2 unspecified atom stereocenters. The van der Waals surface area contributed by atoms with E-state index in [0.717, 1.165) is 50.1 Å². The van der Waals surface area contributed by atoms with Crippen LogP contribution in [0.1, 0.15) is 49.5 Å². The summed E-state index contributed by atoms with van der Waals surface area (Å²) >= 11 is 0. The van der Waals surface area contributed by atoms with Crippen molar-refractivity contribution < 1.29 is 4.74 Å². The summed E-state index contributed by atoms with van der Waals surface area (Å²) in [5.74, 6) is 2.99. The molecule has 2 atom stereocenters. The molecule has 0 radical (unpaired) electrons. The smallest absolute Gasteiger partial charge is 0.162 e. The Bertz CT molecular complexity index is 407. The van der Waals surface area contributed by atoms with Crippen LogP contribution >= 0.6 is 0 Å². The van der Waals surface area contributed by atoms with Crippen molar-refractivity contribution in [3.8, 4) is 0 Å². The highest BCUT2D eigenvalue weighted by atomic mass is 16.5. The Hall–Kier alpha value is -0.940. The van der Waals surface area contributed by atoms with E-state index in [1.54, 1.807) is 0 Å². The zero-order valence-electron chi connectivity index (χ0n) is 9.93. The standard InChI is InChI=1S/C12H18N4O/c1-2-9(17-7-1)11-14-15-12-10(8-3-4-8)13-5-6-16(11)12/h8-10,13H,1-7H2. The molecule has 2 aliphatic heterocycles. The first-order valence-corrected chi connectivity index (χ1v) is 6.71. The van der Waals surface area contributed by atoms with Crippen LogP contribution in [0.5, 0.6) is 0 Å². The van der Waals surface area contributed by atoms with Gasteiger partial charge in [0.25, 0.3) is 0 Å². The van der Waals surface area contributed by atoms with Gasteiger partial charge in [-0.2, -0.15) is 0 Å². The number of fused-ring (bicyclic) bond motifs is 1. The molecular weight excluding hydrogens is 216 g/mol. The van der Waals surface area contributed by atoms with Gasteiger partial charge in [0, 0.05) is 19.7 Å². The van der Waals surface area contributed by atoms with Crippen LogP contribution < -0.4 is 5.32 Å². The summed E-state index contributed by atoms with van der Waals surface area (Å²) in [5, 5.41) is 12.4. The minimum atomic E-state index is 0.189. The molecule has 2 fully saturated rings. The van der Waals surface area contributed by atoms with Crippen LogP contribution in [0.3, 0.4) is 0 Å². The zero-order chi connectivity index (χ0) is 11.2. The molecule has 3 heterocycles. The Morgan fingerprint density at radius 2 is 2.06 bits per heavy atom. The summed E-state index contributed by atoms with van der Waals surface area (Å²) in [7, 11) is 0.